The zero-order valence-electron chi connectivity index (χ0n) is 10.7. The monoisotopic (exact) mass is 243 g/mol. The molecule has 0 saturated heterocycles. The van der Waals surface area contributed by atoms with Gasteiger partial charge in [0.05, 0.1) is 6.26 Å². The van der Waals surface area contributed by atoms with Crippen LogP contribution in [0, 0.1) is 0 Å². The van der Waals surface area contributed by atoms with Crippen molar-refractivity contribution in [1.29, 1.82) is 0 Å². The van der Waals surface area contributed by atoms with Crippen molar-refractivity contribution in [3.05, 3.63) is 59.5 Å². The molecular formula is C15H17NO2. The number of carbonyl (C=O) groups is 1. The summed E-state index contributed by atoms with van der Waals surface area (Å²) in [6.45, 7) is 2.71. The van der Waals surface area contributed by atoms with E-state index in [0.29, 0.717) is 12.3 Å². The minimum absolute atomic E-state index is 0.0976. The second-order valence-corrected chi connectivity index (χ2v) is 4.31. The minimum atomic E-state index is -0.0976. The lowest BCUT2D eigenvalue weighted by Gasteiger charge is -2.15. The molecule has 3 nitrogen and oxygen atoms in total. The van der Waals surface area contributed by atoms with E-state index in [2.05, 4.69) is 31.2 Å². The first-order chi connectivity index (χ1) is 8.70. The van der Waals surface area contributed by atoms with Gasteiger partial charge in [-0.05, 0) is 29.7 Å². The van der Waals surface area contributed by atoms with Crippen LogP contribution in [-0.2, 0) is 13.0 Å². The molecule has 1 heterocycles. The average Bonchev–Trinajstić information content (AvgIpc) is 2.92. The van der Waals surface area contributed by atoms with Gasteiger partial charge in [-0.3, -0.25) is 4.79 Å². The smallest absolute Gasteiger partial charge is 0.289 e. The third-order valence-electron chi connectivity index (χ3n) is 2.93. The Bertz CT molecular complexity index is 500. The van der Waals surface area contributed by atoms with Gasteiger partial charge in [-0.2, -0.15) is 0 Å². The van der Waals surface area contributed by atoms with E-state index in [1.165, 1.54) is 11.8 Å². The highest BCUT2D eigenvalue weighted by Gasteiger charge is 2.14. The summed E-state index contributed by atoms with van der Waals surface area (Å²) in [4.78, 5) is 13.6. The minimum Gasteiger partial charge on any atom is -0.459 e. The molecule has 0 fully saturated rings. The van der Waals surface area contributed by atoms with E-state index in [4.69, 9.17) is 4.42 Å². The molecule has 0 N–H and O–H groups in total. The highest BCUT2D eigenvalue weighted by atomic mass is 16.3. The third kappa shape index (κ3) is 2.80. The molecule has 0 aliphatic carbocycles. The van der Waals surface area contributed by atoms with Crippen LogP contribution in [0.3, 0.4) is 0 Å². The maximum absolute atomic E-state index is 12.0. The van der Waals surface area contributed by atoms with E-state index in [9.17, 15) is 4.79 Å². The van der Waals surface area contributed by atoms with Gasteiger partial charge in [-0.15, -0.1) is 0 Å². The molecule has 18 heavy (non-hydrogen) atoms. The van der Waals surface area contributed by atoms with Gasteiger partial charge in [-0.25, -0.2) is 0 Å². The standard InChI is InChI=1S/C15H17NO2/c1-3-12-6-8-13(9-7-12)11-16(2)15(17)14-5-4-10-18-14/h4-10H,3,11H2,1-2H3. The lowest BCUT2D eigenvalue weighted by atomic mass is 10.1. The number of nitrogens with zero attached hydrogens (tertiary/aromatic N) is 1. The Balaban J connectivity index is 2.02. The molecule has 0 bridgehead atoms. The summed E-state index contributed by atoms with van der Waals surface area (Å²) in [6.07, 6.45) is 2.54. The molecule has 1 aromatic heterocycles. The first-order valence-corrected chi connectivity index (χ1v) is 6.07. The van der Waals surface area contributed by atoms with E-state index in [1.807, 2.05) is 0 Å². The highest BCUT2D eigenvalue weighted by Crippen LogP contribution is 2.10. The summed E-state index contributed by atoms with van der Waals surface area (Å²) in [5.41, 5.74) is 2.42. The molecule has 1 amide bonds. The second-order valence-electron chi connectivity index (χ2n) is 4.31. The number of benzene rings is 1. The molecule has 1 aromatic carbocycles. The molecule has 2 aromatic rings. The van der Waals surface area contributed by atoms with E-state index in [0.717, 1.165) is 12.0 Å². The van der Waals surface area contributed by atoms with Crippen molar-refractivity contribution >= 4 is 5.91 Å². The molecule has 0 aliphatic heterocycles. The van der Waals surface area contributed by atoms with Crippen LogP contribution in [0.2, 0.25) is 0 Å². The number of aryl methyl sites for hydroxylation is 1. The Morgan fingerprint density at radius 1 is 1.17 bits per heavy atom. The maximum Gasteiger partial charge on any atom is 0.289 e. The van der Waals surface area contributed by atoms with Crippen LogP contribution in [0.4, 0.5) is 0 Å². The van der Waals surface area contributed by atoms with Crippen molar-refractivity contribution in [1.82, 2.24) is 4.90 Å². The Morgan fingerprint density at radius 2 is 1.83 bits per heavy atom. The largest absolute Gasteiger partial charge is 0.459 e. The summed E-state index contributed by atoms with van der Waals surface area (Å²) >= 11 is 0. The Morgan fingerprint density at radius 3 is 2.39 bits per heavy atom. The number of hydrogen-bond donors (Lipinski definition) is 0. The fourth-order valence-electron chi connectivity index (χ4n) is 1.81. The van der Waals surface area contributed by atoms with Gasteiger partial charge in [0.2, 0.25) is 0 Å². The number of amides is 1. The van der Waals surface area contributed by atoms with Crippen LogP contribution in [-0.4, -0.2) is 17.9 Å². The lowest BCUT2D eigenvalue weighted by Crippen LogP contribution is -2.25. The quantitative estimate of drug-likeness (QED) is 0.826. The third-order valence-corrected chi connectivity index (χ3v) is 2.93. The zero-order valence-corrected chi connectivity index (χ0v) is 10.7. The summed E-state index contributed by atoms with van der Waals surface area (Å²) in [5.74, 6) is 0.280. The van der Waals surface area contributed by atoms with E-state index >= 15 is 0 Å². The maximum atomic E-state index is 12.0. The van der Waals surface area contributed by atoms with Crippen LogP contribution in [0.15, 0.2) is 47.1 Å². The highest BCUT2D eigenvalue weighted by molar-refractivity contribution is 5.91. The molecule has 0 radical (unpaired) electrons. The van der Waals surface area contributed by atoms with Crippen LogP contribution < -0.4 is 0 Å². The van der Waals surface area contributed by atoms with Crippen molar-refractivity contribution in [3.63, 3.8) is 0 Å². The SMILES string of the molecule is CCc1ccc(CN(C)C(=O)c2ccco2)cc1. The normalized spacial score (nSPS) is 10.3. The fourth-order valence-corrected chi connectivity index (χ4v) is 1.81. The van der Waals surface area contributed by atoms with Gasteiger partial charge in [0.25, 0.3) is 5.91 Å². The molecule has 94 valence electrons. The second kappa shape index (κ2) is 5.54. The van der Waals surface area contributed by atoms with Crippen LogP contribution in [0.1, 0.15) is 28.6 Å². The van der Waals surface area contributed by atoms with Gasteiger partial charge < -0.3 is 9.32 Å². The van der Waals surface area contributed by atoms with Gasteiger partial charge in [0.15, 0.2) is 5.76 Å². The molecule has 0 saturated carbocycles. The van der Waals surface area contributed by atoms with Crippen molar-refractivity contribution in [2.75, 3.05) is 7.05 Å². The topological polar surface area (TPSA) is 33.5 Å². The van der Waals surface area contributed by atoms with Crippen LogP contribution in [0.5, 0.6) is 0 Å². The molecule has 0 unspecified atom stereocenters. The summed E-state index contributed by atoms with van der Waals surface area (Å²) in [5, 5.41) is 0. The van der Waals surface area contributed by atoms with Crippen molar-refractivity contribution in [2.24, 2.45) is 0 Å². The molecule has 2 rings (SSSR count). The zero-order chi connectivity index (χ0) is 13.0. The summed E-state index contributed by atoms with van der Waals surface area (Å²) in [7, 11) is 1.78. The predicted molar refractivity (Wildman–Crippen MR) is 70.3 cm³/mol. The molecule has 0 atom stereocenters. The first-order valence-electron chi connectivity index (χ1n) is 6.07. The van der Waals surface area contributed by atoms with Crippen molar-refractivity contribution in [3.8, 4) is 0 Å². The Kier molecular flexibility index (Phi) is 3.82. The van der Waals surface area contributed by atoms with Crippen molar-refractivity contribution < 1.29 is 9.21 Å². The van der Waals surface area contributed by atoms with Crippen LogP contribution >= 0.6 is 0 Å². The summed E-state index contributed by atoms with van der Waals surface area (Å²) < 4.78 is 5.10. The van der Waals surface area contributed by atoms with E-state index < -0.39 is 0 Å². The van der Waals surface area contributed by atoms with Gasteiger partial charge in [-0.1, -0.05) is 31.2 Å². The van der Waals surface area contributed by atoms with Gasteiger partial charge in [0, 0.05) is 13.6 Å². The van der Waals surface area contributed by atoms with Gasteiger partial charge in [0.1, 0.15) is 0 Å². The van der Waals surface area contributed by atoms with E-state index in [1.54, 1.807) is 24.1 Å². The van der Waals surface area contributed by atoms with E-state index in [-0.39, 0.29) is 5.91 Å². The molecule has 0 spiro atoms. The lowest BCUT2D eigenvalue weighted by molar-refractivity contribution is 0.0753. The predicted octanol–water partition coefficient (Wildman–Crippen LogP) is 3.11. The molecule has 0 aliphatic rings. The number of furan rings is 1. The Labute approximate surface area is 107 Å². The van der Waals surface area contributed by atoms with Crippen molar-refractivity contribution in [2.45, 2.75) is 19.9 Å². The number of hydrogen-bond acceptors (Lipinski definition) is 2. The number of rotatable bonds is 4. The first kappa shape index (κ1) is 12.4. The number of carbonyl (C=O) groups excluding carboxylic acids is 1. The fraction of sp³-hybridized carbons (Fsp3) is 0.267. The summed E-state index contributed by atoms with van der Waals surface area (Å²) in [6, 6.07) is 11.7. The van der Waals surface area contributed by atoms with Gasteiger partial charge >= 0.3 is 0 Å². The molecular weight excluding hydrogens is 226 g/mol. The average molecular weight is 243 g/mol. The Hall–Kier alpha value is -2.03. The molecule has 3 heteroatoms. The van der Waals surface area contributed by atoms with Crippen LogP contribution in [0.25, 0.3) is 0 Å².